The fraction of sp³-hybridized carbons (Fsp3) is 0.680. The van der Waals surface area contributed by atoms with E-state index in [4.69, 9.17) is 0 Å². The zero-order valence-electron chi connectivity index (χ0n) is 18.2. The summed E-state index contributed by atoms with van der Waals surface area (Å²) in [4.78, 5) is 2.25. The Morgan fingerprint density at radius 2 is 2.00 bits per heavy atom. The molecule has 0 aromatic heterocycles. The Labute approximate surface area is 167 Å². The van der Waals surface area contributed by atoms with E-state index in [-0.39, 0.29) is 5.41 Å². The van der Waals surface area contributed by atoms with Crippen LogP contribution in [0.3, 0.4) is 0 Å². The number of fused-ring (bicyclic) bond motifs is 2. The van der Waals surface area contributed by atoms with Gasteiger partial charge in [0.25, 0.3) is 0 Å². The summed E-state index contributed by atoms with van der Waals surface area (Å²) in [5.74, 6) is 2.57. The zero-order chi connectivity index (χ0) is 19.6. The van der Waals surface area contributed by atoms with Gasteiger partial charge in [0.05, 0.1) is 0 Å². The number of hydrogen-bond donors (Lipinski definition) is 1. The molecule has 0 amide bonds. The Morgan fingerprint density at radius 1 is 1.22 bits per heavy atom. The van der Waals surface area contributed by atoms with Gasteiger partial charge in [0.2, 0.25) is 0 Å². The standard InChI is InChI=1S/C25H40N2/c1-18-15-21-10-7-11-22(16-21)24(18)26-19(2)25(3,4)23-12-8-9-20(17-23)13-14-27(5)6/h8-9,12,17-18,21-22,24,26H,2,7,10-11,13-16H2,1,3-6H3. The van der Waals surface area contributed by atoms with Crippen molar-refractivity contribution in [1.82, 2.24) is 10.2 Å². The molecule has 27 heavy (non-hydrogen) atoms. The highest BCUT2D eigenvalue weighted by molar-refractivity contribution is 5.36. The quantitative estimate of drug-likeness (QED) is 0.694. The molecule has 1 aromatic carbocycles. The predicted octanol–water partition coefficient (Wildman–Crippen LogP) is 5.39. The van der Waals surface area contributed by atoms with E-state index in [1.54, 1.807) is 0 Å². The molecule has 3 rings (SSSR count). The van der Waals surface area contributed by atoms with Gasteiger partial charge in [-0.3, -0.25) is 0 Å². The first-order chi connectivity index (χ1) is 12.8. The third-order valence-corrected chi connectivity index (χ3v) is 7.24. The van der Waals surface area contributed by atoms with Crippen LogP contribution in [0.1, 0.15) is 64.0 Å². The molecule has 4 atom stereocenters. The third-order valence-electron chi connectivity index (χ3n) is 7.24. The smallest absolute Gasteiger partial charge is 0.0312 e. The average Bonchev–Trinajstić information content (AvgIpc) is 2.63. The van der Waals surface area contributed by atoms with E-state index in [9.17, 15) is 0 Å². The van der Waals surface area contributed by atoms with Crippen molar-refractivity contribution in [3.8, 4) is 0 Å². The molecule has 1 N–H and O–H groups in total. The molecule has 0 radical (unpaired) electrons. The van der Waals surface area contributed by atoms with Gasteiger partial charge in [-0.1, -0.05) is 64.5 Å². The molecule has 2 fully saturated rings. The second-order valence-electron chi connectivity index (χ2n) is 10.0. The SMILES string of the molecule is C=C(NC1C(C)CC2CCCC1C2)C(C)(C)c1cccc(CCN(C)C)c1. The minimum atomic E-state index is -0.0562. The molecule has 0 spiro atoms. The summed E-state index contributed by atoms with van der Waals surface area (Å²) in [6, 6.07) is 9.73. The minimum Gasteiger partial charge on any atom is -0.385 e. The maximum atomic E-state index is 4.52. The van der Waals surface area contributed by atoms with Crippen LogP contribution in [-0.4, -0.2) is 31.6 Å². The molecule has 150 valence electrons. The van der Waals surface area contributed by atoms with E-state index in [0.717, 1.165) is 30.7 Å². The molecule has 2 aliphatic rings. The van der Waals surface area contributed by atoms with Crippen LogP contribution in [0.2, 0.25) is 0 Å². The lowest BCUT2D eigenvalue weighted by Gasteiger charge is -2.46. The maximum absolute atomic E-state index is 4.52. The Kier molecular flexibility index (Phi) is 6.35. The number of nitrogens with zero attached hydrogens (tertiary/aromatic N) is 1. The van der Waals surface area contributed by atoms with Crippen molar-refractivity contribution in [3.05, 3.63) is 47.7 Å². The molecule has 2 aliphatic carbocycles. The topological polar surface area (TPSA) is 15.3 Å². The summed E-state index contributed by atoms with van der Waals surface area (Å²) in [7, 11) is 4.28. The van der Waals surface area contributed by atoms with Crippen LogP contribution in [0, 0.1) is 17.8 Å². The number of hydrogen-bond acceptors (Lipinski definition) is 2. The van der Waals surface area contributed by atoms with Gasteiger partial charge in [0, 0.05) is 23.7 Å². The monoisotopic (exact) mass is 368 g/mol. The number of rotatable bonds is 7. The van der Waals surface area contributed by atoms with Crippen molar-refractivity contribution < 1.29 is 0 Å². The number of likely N-dealkylation sites (N-methyl/N-ethyl adjacent to an activating group) is 1. The van der Waals surface area contributed by atoms with Gasteiger partial charge in [0.15, 0.2) is 0 Å². The first kappa shape index (κ1) is 20.5. The second-order valence-corrected chi connectivity index (χ2v) is 10.0. The Hall–Kier alpha value is -1.28. The molecule has 2 bridgehead atoms. The number of nitrogens with one attached hydrogen (secondary N) is 1. The summed E-state index contributed by atoms with van der Waals surface area (Å²) < 4.78 is 0. The predicted molar refractivity (Wildman–Crippen MR) is 117 cm³/mol. The van der Waals surface area contributed by atoms with Crippen molar-refractivity contribution in [2.75, 3.05) is 20.6 Å². The lowest BCUT2D eigenvalue weighted by molar-refractivity contribution is 0.101. The molecule has 2 nitrogen and oxygen atoms in total. The first-order valence-electron chi connectivity index (χ1n) is 11.0. The summed E-state index contributed by atoms with van der Waals surface area (Å²) >= 11 is 0. The van der Waals surface area contributed by atoms with Gasteiger partial charge in [-0.05, 0) is 68.7 Å². The van der Waals surface area contributed by atoms with Gasteiger partial charge in [-0.25, -0.2) is 0 Å². The summed E-state index contributed by atoms with van der Waals surface area (Å²) in [6.45, 7) is 12.7. The van der Waals surface area contributed by atoms with Crippen molar-refractivity contribution in [3.63, 3.8) is 0 Å². The highest BCUT2D eigenvalue weighted by atomic mass is 15.0. The summed E-state index contributed by atoms with van der Waals surface area (Å²) in [5, 5.41) is 3.93. The fourth-order valence-corrected chi connectivity index (χ4v) is 5.29. The zero-order valence-corrected chi connectivity index (χ0v) is 18.2. The van der Waals surface area contributed by atoms with Crippen LogP contribution in [-0.2, 0) is 11.8 Å². The first-order valence-corrected chi connectivity index (χ1v) is 11.0. The van der Waals surface area contributed by atoms with E-state index < -0.39 is 0 Å². The molecular weight excluding hydrogens is 328 g/mol. The highest BCUT2D eigenvalue weighted by Gasteiger charge is 2.39. The lowest BCUT2D eigenvalue weighted by Crippen LogP contribution is -2.49. The van der Waals surface area contributed by atoms with Crippen molar-refractivity contribution in [2.45, 2.75) is 70.8 Å². The number of benzene rings is 1. The molecule has 2 saturated carbocycles. The lowest BCUT2D eigenvalue weighted by atomic mass is 9.65. The Balaban J connectivity index is 1.70. The normalized spacial score (nSPS) is 28.2. The van der Waals surface area contributed by atoms with Crippen LogP contribution in [0.25, 0.3) is 0 Å². The van der Waals surface area contributed by atoms with Crippen molar-refractivity contribution >= 4 is 0 Å². The summed E-state index contributed by atoms with van der Waals surface area (Å²) in [5.41, 5.74) is 3.93. The molecule has 0 saturated heterocycles. The molecule has 1 aromatic rings. The summed E-state index contributed by atoms with van der Waals surface area (Å²) in [6.07, 6.45) is 8.19. The van der Waals surface area contributed by atoms with E-state index in [1.807, 2.05) is 0 Å². The van der Waals surface area contributed by atoms with E-state index in [1.165, 1.54) is 48.9 Å². The number of allylic oxidation sites excluding steroid dienone is 1. The van der Waals surface area contributed by atoms with Gasteiger partial charge in [0.1, 0.15) is 0 Å². The molecule has 4 unspecified atom stereocenters. The van der Waals surface area contributed by atoms with Gasteiger partial charge in [-0.2, -0.15) is 0 Å². The highest BCUT2D eigenvalue weighted by Crippen LogP contribution is 2.43. The van der Waals surface area contributed by atoms with Crippen LogP contribution >= 0.6 is 0 Å². The fourth-order valence-electron chi connectivity index (χ4n) is 5.29. The largest absolute Gasteiger partial charge is 0.385 e. The van der Waals surface area contributed by atoms with Gasteiger partial charge < -0.3 is 10.2 Å². The molecule has 0 aliphatic heterocycles. The minimum absolute atomic E-state index is 0.0562. The maximum Gasteiger partial charge on any atom is 0.0312 e. The van der Waals surface area contributed by atoms with Crippen LogP contribution in [0.15, 0.2) is 36.5 Å². The van der Waals surface area contributed by atoms with Gasteiger partial charge in [-0.15, -0.1) is 0 Å². The Bertz CT molecular complexity index is 643. The third kappa shape index (κ3) is 4.77. The van der Waals surface area contributed by atoms with E-state index >= 15 is 0 Å². The second kappa shape index (κ2) is 8.39. The Morgan fingerprint density at radius 3 is 2.74 bits per heavy atom. The van der Waals surface area contributed by atoms with Crippen molar-refractivity contribution in [2.24, 2.45) is 17.8 Å². The molecule has 2 heteroatoms. The van der Waals surface area contributed by atoms with Gasteiger partial charge >= 0.3 is 0 Å². The van der Waals surface area contributed by atoms with E-state index in [0.29, 0.717) is 6.04 Å². The van der Waals surface area contributed by atoms with Crippen molar-refractivity contribution in [1.29, 1.82) is 0 Å². The molecule has 0 heterocycles. The molecular formula is C25H40N2. The van der Waals surface area contributed by atoms with E-state index in [2.05, 4.69) is 75.9 Å². The average molecular weight is 369 g/mol. The van der Waals surface area contributed by atoms with Crippen LogP contribution in [0.4, 0.5) is 0 Å². The van der Waals surface area contributed by atoms with Crippen LogP contribution < -0.4 is 5.32 Å². The van der Waals surface area contributed by atoms with Crippen LogP contribution in [0.5, 0.6) is 0 Å².